The topological polar surface area (TPSA) is 59.8 Å². The number of carbonyl (C=O) groups is 2. The van der Waals surface area contributed by atoms with Crippen molar-refractivity contribution in [1.82, 2.24) is 4.90 Å². The van der Waals surface area contributed by atoms with E-state index in [0.29, 0.717) is 35.8 Å². The van der Waals surface area contributed by atoms with Gasteiger partial charge in [0, 0.05) is 11.1 Å². The fourth-order valence-electron chi connectivity index (χ4n) is 4.15. The molecule has 0 saturated heterocycles. The number of furan rings is 1. The number of amides is 1. The maximum absolute atomic E-state index is 13.4. The molecule has 0 aliphatic carbocycles. The minimum atomic E-state index is -0.352. The van der Waals surface area contributed by atoms with Crippen LogP contribution < -0.4 is 0 Å². The Morgan fingerprint density at radius 2 is 1.56 bits per heavy atom. The van der Waals surface area contributed by atoms with Gasteiger partial charge in [-0.2, -0.15) is 0 Å². The van der Waals surface area contributed by atoms with Gasteiger partial charge in [0.2, 0.25) is 0 Å². The summed E-state index contributed by atoms with van der Waals surface area (Å²) in [6.45, 7) is 2.59. The Bertz CT molecular complexity index is 1430. The molecule has 3 aromatic carbocycles. The zero-order chi connectivity index (χ0) is 24.9. The van der Waals surface area contributed by atoms with Gasteiger partial charge in [0.15, 0.2) is 0 Å². The Hall–Kier alpha value is -4.64. The maximum atomic E-state index is 13.4. The first kappa shape index (κ1) is 23.1. The largest absolute Gasteiger partial charge is 0.462 e. The highest BCUT2D eigenvalue weighted by Crippen LogP contribution is 2.33. The molecule has 0 saturated carbocycles. The van der Waals surface area contributed by atoms with Crippen LogP contribution in [0.1, 0.15) is 34.2 Å². The molecule has 0 fully saturated rings. The van der Waals surface area contributed by atoms with E-state index in [1.54, 1.807) is 30.0 Å². The van der Waals surface area contributed by atoms with Crippen molar-refractivity contribution in [3.63, 3.8) is 0 Å². The van der Waals surface area contributed by atoms with Crippen molar-refractivity contribution in [2.45, 2.75) is 13.5 Å². The number of nitrogens with zero attached hydrogens (tertiary/aromatic N) is 1. The summed E-state index contributed by atoms with van der Waals surface area (Å²) in [6, 6.07) is 30.6. The number of hydrogen-bond donors (Lipinski definition) is 0. The average molecular weight is 476 g/mol. The molecule has 1 aliphatic rings. The van der Waals surface area contributed by atoms with Gasteiger partial charge in [-0.25, -0.2) is 4.79 Å². The van der Waals surface area contributed by atoms with Crippen LogP contribution in [0.3, 0.4) is 0 Å². The number of ether oxygens (including phenoxy) is 1. The molecule has 0 atom stereocenters. The summed E-state index contributed by atoms with van der Waals surface area (Å²) in [6.07, 6.45) is 3.68. The Kier molecular flexibility index (Phi) is 6.63. The molecule has 0 unspecified atom stereocenters. The summed E-state index contributed by atoms with van der Waals surface area (Å²) in [5.41, 5.74) is 4.77. The van der Waals surface area contributed by atoms with Crippen LogP contribution in [-0.4, -0.2) is 23.4 Å². The Balaban J connectivity index is 1.42. The predicted molar refractivity (Wildman–Crippen MR) is 139 cm³/mol. The van der Waals surface area contributed by atoms with Gasteiger partial charge in [0.25, 0.3) is 5.91 Å². The molecule has 36 heavy (non-hydrogen) atoms. The zero-order valence-electron chi connectivity index (χ0n) is 19.9. The van der Waals surface area contributed by atoms with E-state index in [2.05, 4.69) is 0 Å². The van der Waals surface area contributed by atoms with Crippen molar-refractivity contribution >= 4 is 23.6 Å². The van der Waals surface area contributed by atoms with Crippen molar-refractivity contribution in [2.24, 2.45) is 0 Å². The van der Waals surface area contributed by atoms with E-state index < -0.39 is 0 Å². The maximum Gasteiger partial charge on any atom is 0.338 e. The quantitative estimate of drug-likeness (QED) is 0.223. The Labute approximate surface area is 209 Å². The van der Waals surface area contributed by atoms with Crippen LogP contribution in [0.4, 0.5) is 0 Å². The summed E-state index contributed by atoms with van der Waals surface area (Å²) < 4.78 is 11.1. The number of esters is 1. The fraction of sp³-hybridized carbons (Fsp3) is 0.0968. The minimum absolute atomic E-state index is 0.0746. The highest BCUT2D eigenvalue weighted by atomic mass is 16.5. The van der Waals surface area contributed by atoms with Crippen LogP contribution >= 0.6 is 0 Å². The van der Waals surface area contributed by atoms with Crippen LogP contribution in [0.25, 0.3) is 23.1 Å². The standard InChI is InChI=1S/C31H25NO4/c1-2-35-31(34)25-15-13-24(14-16-25)29-18-17-27(36-29)19-26-20-28(23-11-7-4-8-12-23)32(30(26)33)21-22-9-5-3-6-10-22/h3-20H,2,21H2,1H3/b26-19-. The highest BCUT2D eigenvalue weighted by molar-refractivity contribution is 6.10. The second-order valence-corrected chi connectivity index (χ2v) is 8.37. The van der Waals surface area contributed by atoms with Gasteiger partial charge in [-0.1, -0.05) is 72.8 Å². The van der Waals surface area contributed by atoms with Gasteiger partial charge in [0.05, 0.1) is 24.4 Å². The van der Waals surface area contributed by atoms with Crippen LogP contribution in [0, 0.1) is 0 Å². The third-order valence-corrected chi connectivity index (χ3v) is 5.93. The van der Waals surface area contributed by atoms with Gasteiger partial charge in [0.1, 0.15) is 11.5 Å². The Morgan fingerprint density at radius 1 is 0.861 bits per heavy atom. The lowest BCUT2D eigenvalue weighted by Crippen LogP contribution is -2.25. The average Bonchev–Trinajstić information content (AvgIpc) is 3.51. The van der Waals surface area contributed by atoms with Gasteiger partial charge in [-0.15, -0.1) is 0 Å². The lowest BCUT2D eigenvalue weighted by atomic mass is 10.1. The summed E-state index contributed by atoms with van der Waals surface area (Å²) in [4.78, 5) is 27.1. The summed E-state index contributed by atoms with van der Waals surface area (Å²) in [5.74, 6) is 0.799. The molecule has 1 aliphatic heterocycles. The number of carbonyl (C=O) groups excluding carboxylic acids is 2. The zero-order valence-corrected chi connectivity index (χ0v) is 19.9. The number of rotatable bonds is 7. The lowest BCUT2D eigenvalue weighted by Gasteiger charge is -2.20. The van der Waals surface area contributed by atoms with E-state index >= 15 is 0 Å². The molecule has 178 valence electrons. The SMILES string of the molecule is CCOC(=O)c1ccc(-c2ccc(/C=C3/C=C(c4ccccc4)N(Cc4ccccc4)C3=O)o2)cc1. The monoisotopic (exact) mass is 475 g/mol. The van der Waals surface area contributed by atoms with Gasteiger partial charge in [-0.3, -0.25) is 4.79 Å². The van der Waals surface area contributed by atoms with Crippen molar-refractivity contribution in [3.05, 3.63) is 131 Å². The van der Waals surface area contributed by atoms with Crippen molar-refractivity contribution in [2.75, 3.05) is 6.61 Å². The smallest absolute Gasteiger partial charge is 0.338 e. The number of benzene rings is 3. The second-order valence-electron chi connectivity index (χ2n) is 8.37. The molecule has 5 heteroatoms. The summed E-state index contributed by atoms with van der Waals surface area (Å²) in [5, 5.41) is 0. The van der Waals surface area contributed by atoms with E-state index in [0.717, 1.165) is 22.4 Å². The van der Waals surface area contributed by atoms with E-state index in [9.17, 15) is 9.59 Å². The first-order chi connectivity index (χ1) is 17.6. The third-order valence-electron chi connectivity index (χ3n) is 5.93. The van der Waals surface area contributed by atoms with Crippen molar-refractivity contribution in [1.29, 1.82) is 0 Å². The van der Waals surface area contributed by atoms with E-state index in [1.165, 1.54) is 0 Å². The molecule has 4 aromatic rings. The van der Waals surface area contributed by atoms with Gasteiger partial charge < -0.3 is 14.1 Å². The summed E-state index contributed by atoms with van der Waals surface area (Å²) in [7, 11) is 0. The Morgan fingerprint density at radius 3 is 2.25 bits per heavy atom. The lowest BCUT2D eigenvalue weighted by molar-refractivity contribution is -0.123. The molecule has 1 amide bonds. The molecular formula is C31H25NO4. The normalized spacial score (nSPS) is 14.2. The predicted octanol–water partition coefficient (Wildman–Crippen LogP) is 6.59. The van der Waals surface area contributed by atoms with Crippen LogP contribution in [0.15, 0.2) is 113 Å². The first-order valence-corrected chi connectivity index (χ1v) is 11.8. The van der Waals surface area contributed by atoms with Gasteiger partial charge >= 0.3 is 5.97 Å². The molecule has 0 N–H and O–H groups in total. The molecular weight excluding hydrogens is 450 g/mol. The first-order valence-electron chi connectivity index (χ1n) is 11.8. The van der Waals surface area contributed by atoms with Gasteiger partial charge in [-0.05, 0) is 54.5 Å². The van der Waals surface area contributed by atoms with Crippen LogP contribution in [0.5, 0.6) is 0 Å². The molecule has 0 spiro atoms. The second kappa shape index (κ2) is 10.3. The number of hydrogen-bond acceptors (Lipinski definition) is 4. The molecule has 2 heterocycles. The molecule has 0 radical (unpaired) electrons. The minimum Gasteiger partial charge on any atom is -0.462 e. The van der Waals surface area contributed by atoms with Crippen LogP contribution in [-0.2, 0) is 16.1 Å². The van der Waals surface area contributed by atoms with E-state index in [-0.39, 0.29) is 11.9 Å². The van der Waals surface area contributed by atoms with Crippen molar-refractivity contribution in [3.8, 4) is 11.3 Å². The third kappa shape index (κ3) is 4.91. The fourth-order valence-corrected chi connectivity index (χ4v) is 4.15. The molecule has 5 nitrogen and oxygen atoms in total. The van der Waals surface area contributed by atoms with Crippen molar-refractivity contribution < 1.29 is 18.7 Å². The molecule has 0 bridgehead atoms. The molecule has 1 aromatic heterocycles. The van der Waals surface area contributed by atoms with E-state index in [1.807, 2.05) is 91.0 Å². The summed E-state index contributed by atoms with van der Waals surface area (Å²) >= 11 is 0. The highest BCUT2D eigenvalue weighted by Gasteiger charge is 2.29. The molecule has 5 rings (SSSR count). The van der Waals surface area contributed by atoms with Crippen LogP contribution in [0.2, 0.25) is 0 Å². The van der Waals surface area contributed by atoms with E-state index in [4.69, 9.17) is 9.15 Å².